The Bertz CT molecular complexity index is 886. The van der Waals surface area contributed by atoms with Gasteiger partial charge < -0.3 is 4.90 Å². The number of alkyl halides is 3. The topological polar surface area (TPSA) is 57.0 Å². The van der Waals surface area contributed by atoms with Crippen LogP contribution in [0.15, 0.2) is 28.6 Å². The van der Waals surface area contributed by atoms with E-state index >= 15 is 0 Å². The van der Waals surface area contributed by atoms with Gasteiger partial charge in [-0.1, -0.05) is 12.5 Å². The second kappa shape index (κ2) is 9.74. The minimum atomic E-state index is -4.78. The smallest absolute Gasteiger partial charge is 0.303 e. The summed E-state index contributed by atoms with van der Waals surface area (Å²) in [4.78, 5) is 18.8. The van der Waals surface area contributed by atoms with Crippen molar-refractivity contribution < 1.29 is 18.0 Å². The number of halogens is 3. The van der Waals surface area contributed by atoms with E-state index in [1.165, 1.54) is 25.3 Å². The molecule has 1 fully saturated rings. The van der Waals surface area contributed by atoms with E-state index in [4.69, 9.17) is 0 Å². The minimum absolute atomic E-state index is 0.000814. The van der Waals surface area contributed by atoms with Crippen molar-refractivity contribution in [3.8, 4) is 6.07 Å². The van der Waals surface area contributed by atoms with E-state index in [9.17, 15) is 23.2 Å². The number of hydrogen-bond acceptors (Lipinski definition) is 6. The molecular formula is C20H20F3N3OS2. The lowest BCUT2D eigenvalue weighted by molar-refractivity contribution is -0.141. The Labute approximate surface area is 175 Å². The third kappa shape index (κ3) is 5.59. The number of hydrogen-bond donors (Lipinski definition) is 0. The largest absolute Gasteiger partial charge is 0.434 e. The van der Waals surface area contributed by atoms with Gasteiger partial charge in [0.05, 0.1) is 16.0 Å². The van der Waals surface area contributed by atoms with Crippen molar-refractivity contribution in [3.63, 3.8) is 0 Å². The van der Waals surface area contributed by atoms with Gasteiger partial charge in [-0.05, 0) is 56.4 Å². The second-order valence-corrected chi connectivity index (χ2v) is 8.79. The Balaban J connectivity index is 1.78. The summed E-state index contributed by atoms with van der Waals surface area (Å²) >= 11 is 2.20. The molecule has 0 unspecified atom stereocenters. The number of ketones is 1. The van der Waals surface area contributed by atoms with Crippen molar-refractivity contribution in [2.75, 3.05) is 25.4 Å². The van der Waals surface area contributed by atoms with E-state index in [0.717, 1.165) is 55.2 Å². The number of nitriles is 1. The number of nitrogens with zero attached hydrogens (tertiary/aromatic N) is 3. The van der Waals surface area contributed by atoms with Crippen LogP contribution in [0.2, 0.25) is 0 Å². The Morgan fingerprint density at radius 3 is 2.69 bits per heavy atom. The normalized spacial score (nSPS) is 15.2. The lowest BCUT2D eigenvalue weighted by Gasteiger charge is -2.26. The maximum Gasteiger partial charge on any atom is 0.434 e. The Kier molecular flexibility index (Phi) is 7.33. The van der Waals surface area contributed by atoms with E-state index in [-0.39, 0.29) is 15.5 Å². The van der Waals surface area contributed by atoms with Crippen molar-refractivity contribution >= 4 is 28.9 Å². The van der Waals surface area contributed by atoms with Gasteiger partial charge in [0, 0.05) is 5.75 Å². The molecular weight excluding hydrogens is 419 g/mol. The predicted octanol–water partition coefficient (Wildman–Crippen LogP) is 5.23. The molecule has 0 aliphatic carbocycles. The first-order valence-corrected chi connectivity index (χ1v) is 11.2. The molecule has 0 radical (unpaired) electrons. The van der Waals surface area contributed by atoms with Gasteiger partial charge in [-0.3, -0.25) is 4.79 Å². The second-order valence-electron chi connectivity index (χ2n) is 6.76. The van der Waals surface area contributed by atoms with Gasteiger partial charge in [0.2, 0.25) is 5.78 Å². The summed E-state index contributed by atoms with van der Waals surface area (Å²) < 4.78 is 40.8. The number of piperidine rings is 1. The van der Waals surface area contributed by atoms with E-state index in [1.807, 2.05) is 6.07 Å². The summed E-state index contributed by atoms with van der Waals surface area (Å²) in [5, 5.41) is 11.1. The van der Waals surface area contributed by atoms with Gasteiger partial charge in [0.15, 0.2) is 5.69 Å². The Morgan fingerprint density at radius 2 is 2.07 bits per heavy atom. The lowest BCUT2D eigenvalue weighted by atomic mass is 10.1. The molecule has 0 amide bonds. The highest BCUT2D eigenvalue weighted by Gasteiger charge is 2.38. The van der Waals surface area contributed by atoms with Crippen molar-refractivity contribution in [1.82, 2.24) is 9.88 Å². The molecule has 29 heavy (non-hydrogen) atoms. The number of carbonyl (C=O) groups is 1. The molecule has 0 bridgehead atoms. The van der Waals surface area contributed by atoms with E-state index < -0.39 is 23.2 Å². The zero-order chi connectivity index (χ0) is 20.9. The first kappa shape index (κ1) is 21.8. The quantitative estimate of drug-likeness (QED) is 0.336. The molecule has 0 atom stereocenters. The van der Waals surface area contributed by atoms with Crippen LogP contribution < -0.4 is 0 Å². The van der Waals surface area contributed by atoms with Crippen molar-refractivity contribution in [3.05, 3.63) is 45.3 Å². The number of pyridine rings is 1. The van der Waals surface area contributed by atoms with E-state index in [2.05, 4.69) is 9.88 Å². The van der Waals surface area contributed by atoms with Crippen LogP contribution in [0.5, 0.6) is 0 Å². The maximum absolute atomic E-state index is 13.6. The Morgan fingerprint density at radius 1 is 1.31 bits per heavy atom. The molecule has 1 aliphatic rings. The molecule has 3 rings (SSSR count). The van der Waals surface area contributed by atoms with Crippen molar-refractivity contribution in [2.45, 2.75) is 36.9 Å². The SMILES string of the molecule is N#Cc1cc(C(=O)c2cccs2)c(C(F)(F)F)nc1SCCCN1CCCCC1. The monoisotopic (exact) mass is 439 g/mol. The molecule has 154 valence electrons. The highest BCUT2D eigenvalue weighted by atomic mass is 32.2. The van der Waals surface area contributed by atoms with Crippen molar-refractivity contribution in [2.24, 2.45) is 0 Å². The molecule has 4 nitrogen and oxygen atoms in total. The molecule has 0 spiro atoms. The fourth-order valence-electron chi connectivity index (χ4n) is 3.26. The highest BCUT2D eigenvalue weighted by Crippen LogP contribution is 2.35. The summed E-state index contributed by atoms with van der Waals surface area (Å²) in [7, 11) is 0. The van der Waals surface area contributed by atoms with Crippen LogP contribution in [0.25, 0.3) is 0 Å². The molecule has 0 aromatic carbocycles. The third-order valence-electron chi connectivity index (χ3n) is 4.67. The van der Waals surface area contributed by atoms with E-state index in [1.54, 1.807) is 11.4 Å². The van der Waals surface area contributed by atoms with Gasteiger partial charge in [-0.15, -0.1) is 23.1 Å². The highest BCUT2D eigenvalue weighted by molar-refractivity contribution is 7.99. The molecule has 3 heterocycles. The Hall–Kier alpha value is -1.89. The zero-order valence-corrected chi connectivity index (χ0v) is 17.3. The molecule has 2 aromatic rings. The minimum Gasteiger partial charge on any atom is -0.303 e. The molecule has 1 aliphatic heterocycles. The summed E-state index contributed by atoms with van der Waals surface area (Å²) in [6.45, 7) is 3.00. The standard InChI is InChI=1S/C20H20F3N3OS2/c21-20(22,23)18-15(17(27)16-6-4-10-28-16)12-14(13-24)19(25-18)29-11-5-9-26-7-2-1-3-8-26/h4,6,10,12H,1-3,5,7-9,11H2. The first-order chi connectivity index (χ1) is 13.9. The number of carbonyl (C=O) groups excluding carboxylic acids is 1. The number of thiophene rings is 1. The summed E-state index contributed by atoms with van der Waals surface area (Å²) in [6, 6.07) is 5.98. The van der Waals surface area contributed by atoms with Crippen LogP contribution in [0.1, 0.15) is 52.2 Å². The van der Waals surface area contributed by atoms with Crippen LogP contribution in [-0.4, -0.2) is 41.1 Å². The fourth-order valence-corrected chi connectivity index (χ4v) is 4.82. The number of thioether (sulfide) groups is 1. The number of aromatic nitrogens is 1. The van der Waals surface area contributed by atoms with Gasteiger partial charge >= 0.3 is 6.18 Å². The molecule has 0 N–H and O–H groups in total. The van der Waals surface area contributed by atoms with E-state index in [0.29, 0.717) is 5.75 Å². The molecule has 1 saturated heterocycles. The zero-order valence-electron chi connectivity index (χ0n) is 15.7. The summed E-state index contributed by atoms with van der Waals surface area (Å²) in [5.41, 5.74) is -1.80. The van der Waals surface area contributed by atoms with Crippen molar-refractivity contribution in [1.29, 1.82) is 5.26 Å². The first-order valence-electron chi connectivity index (χ1n) is 9.36. The van der Waals surface area contributed by atoms with Gasteiger partial charge in [-0.2, -0.15) is 18.4 Å². The number of rotatable bonds is 7. The summed E-state index contributed by atoms with van der Waals surface area (Å²) in [6.07, 6.45) is -0.366. The van der Waals surface area contributed by atoms with Gasteiger partial charge in [-0.25, -0.2) is 4.98 Å². The average molecular weight is 440 g/mol. The maximum atomic E-state index is 13.6. The van der Waals surface area contributed by atoms with Gasteiger partial charge in [0.25, 0.3) is 0 Å². The molecule has 2 aromatic heterocycles. The van der Waals surface area contributed by atoms with Crippen LogP contribution >= 0.6 is 23.1 Å². The van der Waals surface area contributed by atoms with Crippen LogP contribution in [0.4, 0.5) is 13.2 Å². The molecule has 9 heteroatoms. The van der Waals surface area contributed by atoms with Crippen LogP contribution in [0.3, 0.4) is 0 Å². The summed E-state index contributed by atoms with van der Waals surface area (Å²) in [5.74, 6) is -0.203. The fraction of sp³-hybridized carbons (Fsp3) is 0.450. The lowest BCUT2D eigenvalue weighted by Crippen LogP contribution is -2.30. The average Bonchev–Trinajstić information content (AvgIpc) is 3.25. The predicted molar refractivity (Wildman–Crippen MR) is 107 cm³/mol. The van der Waals surface area contributed by atoms with Gasteiger partial charge in [0.1, 0.15) is 11.1 Å². The number of likely N-dealkylation sites (tertiary alicyclic amines) is 1. The third-order valence-corrected chi connectivity index (χ3v) is 6.62. The molecule has 0 saturated carbocycles. The van der Waals surface area contributed by atoms with Crippen LogP contribution in [-0.2, 0) is 6.18 Å². The van der Waals surface area contributed by atoms with Crippen LogP contribution in [0, 0.1) is 11.3 Å².